The summed E-state index contributed by atoms with van der Waals surface area (Å²) >= 11 is 3.33. The number of aryl methyl sites for hydroxylation is 1. The topological polar surface area (TPSA) is 44.1 Å². The van der Waals surface area contributed by atoms with Crippen LogP contribution in [0.2, 0.25) is 0 Å². The second-order valence-corrected chi connectivity index (χ2v) is 4.25. The van der Waals surface area contributed by atoms with Crippen molar-refractivity contribution in [1.82, 2.24) is 9.78 Å². The maximum Gasteiger partial charge on any atom is 0.155 e. The van der Waals surface area contributed by atoms with Crippen LogP contribution < -0.4 is 4.74 Å². The van der Waals surface area contributed by atoms with E-state index >= 15 is 0 Å². The number of hydrogen-bond acceptors (Lipinski definition) is 3. The van der Waals surface area contributed by atoms with Gasteiger partial charge in [-0.3, -0.25) is 9.48 Å². The molecule has 2 aromatic rings. The molecule has 0 saturated carbocycles. The van der Waals surface area contributed by atoms with E-state index in [2.05, 4.69) is 21.0 Å². The van der Waals surface area contributed by atoms with E-state index in [1.165, 1.54) is 0 Å². The molecule has 0 radical (unpaired) electrons. The Kier molecular flexibility index (Phi) is 3.28. The maximum atomic E-state index is 11.1. The van der Waals surface area contributed by atoms with Crippen LogP contribution in [0.3, 0.4) is 0 Å². The van der Waals surface area contributed by atoms with Crippen molar-refractivity contribution in [2.75, 3.05) is 7.11 Å². The molecule has 0 bridgehead atoms. The van der Waals surface area contributed by atoms with E-state index in [0.717, 1.165) is 11.8 Å². The zero-order valence-corrected chi connectivity index (χ0v) is 11.1. The van der Waals surface area contributed by atoms with Crippen LogP contribution in [0.25, 0.3) is 11.3 Å². The smallest absolute Gasteiger partial charge is 0.155 e. The van der Waals surface area contributed by atoms with Gasteiger partial charge in [0, 0.05) is 12.6 Å². The summed E-state index contributed by atoms with van der Waals surface area (Å²) < 4.78 is 7.55. The predicted molar refractivity (Wildman–Crippen MR) is 68.3 cm³/mol. The van der Waals surface area contributed by atoms with Gasteiger partial charge in [0.25, 0.3) is 0 Å². The van der Waals surface area contributed by atoms with E-state index in [0.29, 0.717) is 21.6 Å². The molecule has 1 aromatic heterocycles. The van der Waals surface area contributed by atoms with Gasteiger partial charge < -0.3 is 4.74 Å². The van der Waals surface area contributed by atoms with Crippen LogP contribution in [-0.4, -0.2) is 23.2 Å². The molecule has 1 aromatic carbocycles. The second kappa shape index (κ2) is 4.71. The fourth-order valence-corrected chi connectivity index (χ4v) is 2.02. The molecule has 88 valence electrons. The molecule has 0 N–H and O–H groups in total. The number of nitrogens with zero attached hydrogens (tertiary/aromatic N) is 2. The number of aldehydes is 1. The van der Waals surface area contributed by atoms with Crippen LogP contribution in [0.4, 0.5) is 0 Å². The molecule has 5 heteroatoms. The van der Waals surface area contributed by atoms with Crippen LogP contribution in [0.15, 0.2) is 28.9 Å². The molecule has 0 unspecified atom stereocenters. The van der Waals surface area contributed by atoms with Gasteiger partial charge in [0.05, 0.1) is 12.7 Å². The number of ether oxygens (including phenoxy) is 1. The van der Waals surface area contributed by atoms with Crippen LogP contribution in [0.5, 0.6) is 5.75 Å². The van der Waals surface area contributed by atoms with E-state index in [4.69, 9.17) is 4.74 Å². The minimum absolute atomic E-state index is 0.525. The highest BCUT2D eigenvalue weighted by atomic mass is 79.9. The standard InChI is InChI=1S/C12H11BrN2O2/c1-15-12(13)9(7-16)11(14-15)8-5-3-4-6-10(8)17-2/h3-7H,1-2H3. The molecule has 0 aliphatic carbocycles. The molecule has 2 rings (SSSR count). The third-order valence-corrected chi connectivity index (χ3v) is 3.43. The van der Waals surface area contributed by atoms with Crippen LogP contribution in [-0.2, 0) is 7.05 Å². The van der Waals surface area contributed by atoms with E-state index < -0.39 is 0 Å². The van der Waals surface area contributed by atoms with Crippen molar-refractivity contribution in [3.05, 3.63) is 34.4 Å². The highest BCUT2D eigenvalue weighted by molar-refractivity contribution is 9.10. The predicted octanol–water partition coefficient (Wildman–Crippen LogP) is 2.67. The van der Waals surface area contributed by atoms with Gasteiger partial charge in [0.2, 0.25) is 0 Å². The molecule has 0 fully saturated rings. The summed E-state index contributed by atoms with van der Waals surface area (Å²) in [4.78, 5) is 11.1. The zero-order valence-electron chi connectivity index (χ0n) is 9.48. The third kappa shape index (κ3) is 1.98. The van der Waals surface area contributed by atoms with Gasteiger partial charge in [-0.25, -0.2) is 0 Å². The van der Waals surface area contributed by atoms with Gasteiger partial charge in [-0.2, -0.15) is 5.10 Å². The Morgan fingerprint density at radius 1 is 1.41 bits per heavy atom. The Morgan fingerprint density at radius 2 is 2.12 bits per heavy atom. The first-order chi connectivity index (χ1) is 8.19. The van der Waals surface area contributed by atoms with Gasteiger partial charge in [0.1, 0.15) is 16.0 Å². The first kappa shape index (κ1) is 11.9. The molecule has 0 saturated heterocycles. The molecule has 1 heterocycles. The third-order valence-electron chi connectivity index (χ3n) is 2.49. The highest BCUT2D eigenvalue weighted by Crippen LogP contribution is 2.33. The summed E-state index contributed by atoms with van der Waals surface area (Å²) in [5.74, 6) is 0.696. The summed E-state index contributed by atoms with van der Waals surface area (Å²) in [5.41, 5.74) is 1.95. The lowest BCUT2D eigenvalue weighted by Crippen LogP contribution is -1.92. The van der Waals surface area contributed by atoms with Crippen molar-refractivity contribution in [3.63, 3.8) is 0 Å². The molecule has 0 spiro atoms. The maximum absolute atomic E-state index is 11.1. The van der Waals surface area contributed by atoms with E-state index in [-0.39, 0.29) is 0 Å². The van der Waals surface area contributed by atoms with E-state index in [1.807, 2.05) is 24.3 Å². The first-order valence-corrected chi connectivity index (χ1v) is 5.79. The quantitative estimate of drug-likeness (QED) is 0.818. The SMILES string of the molecule is COc1ccccc1-c1nn(C)c(Br)c1C=O. The minimum Gasteiger partial charge on any atom is -0.496 e. The number of halogens is 1. The Labute approximate surface area is 107 Å². The molecule has 4 nitrogen and oxygen atoms in total. The van der Waals surface area contributed by atoms with Crippen molar-refractivity contribution in [2.24, 2.45) is 7.05 Å². The Hall–Kier alpha value is -1.62. The Morgan fingerprint density at radius 3 is 2.76 bits per heavy atom. The highest BCUT2D eigenvalue weighted by Gasteiger charge is 2.17. The number of hydrogen-bond donors (Lipinski definition) is 0. The lowest BCUT2D eigenvalue weighted by atomic mass is 10.1. The van der Waals surface area contributed by atoms with Gasteiger partial charge in [-0.1, -0.05) is 12.1 Å². The van der Waals surface area contributed by atoms with Gasteiger partial charge in [-0.15, -0.1) is 0 Å². The molecule has 0 aliphatic heterocycles. The van der Waals surface area contributed by atoms with Gasteiger partial charge in [0.15, 0.2) is 6.29 Å². The van der Waals surface area contributed by atoms with Crippen LogP contribution in [0.1, 0.15) is 10.4 Å². The van der Waals surface area contributed by atoms with Crippen molar-refractivity contribution >= 4 is 22.2 Å². The number of para-hydroxylation sites is 1. The van der Waals surface area contributed by atoms with Crippen molar-refractivity contribution < 1.29 is 9.53 Å². The lowest BCUT2D eigenvalue weighted by Gasteiger charge is -2.05. The fraction of sp³-hybridized carbons (Fsp3) is 0.167. The molecular weight excluding hydrogens is 284 g/mol. The van der Waals surface area contributed by atoms with Crippen LogP contribution >= 0.6 is 15.9 Å². The normalized spacial score (nSPS) is 10.3. The monoisotopic (exact) mass is 294 g/mol. The number of carbonyl (C=O) groups is 1. The number of carbonyl (C=O) groups excluding carboxylic acids is 1. The number of rotatable bonds is 3. The summed E-state index contributed by atoms with van der Waals surface area (Å²) in [7, 11) is 3.37. The van der Waals surface area contributed by atoms with Crippen molar-refractivity contribution in [3.8, 4) is 17.0 Å². The van der Waals surface area contributed by atoms with Gasteiger partial charge in [-0.05, 0) is 28.1 Å². The molecule has 0 atom stereocenters. The second-order valence-electron chi connectivity index (χ2n) is 3.49. The van der Waals surface area contributed by atoms with Crippen molar-refractivity contribution in [1.29, 1.82) is 0 Å². The lowest BCUT2D eigenvalue weighted by molar-refractivity contribution is 0.112. The summed E-state index contributed by atoms with van der Waals surface area (Å²) in [5, 5.41) is 4.32. The fourth-order valence-electron chi connectivity index (χ4n) is 1.66. The number of benzene rings is 1. The largest absolute Gasteiger partial charge is 0.496 e. The Bertz CT molecular complexity index is 564. The first-order valence-electron chi connectivity index (χ1n) is 5.00. The number of methoxy groups -OCH3 is 1. The summed E-state index contributed by atoms with van der Waals surface area (Å²) in [6.45, 7) is 0. The summed E-state index contributed by atoms with van der Waals surface area (Å²) in [6.07, 6.45) is 0.791. The summed E-state index contributed by atoms with van der Waals surface area (Å²) in [6, 6.07) is 7.48. The minimum atomic E-state index is 0.525. The van der Waals surface area contributed by atoms with E-state index in [9.17, 15) is 4.79 Å². The zero-order chi connectivity index (χ0) is 12.4. The molecule has 17 heavy (non-hydrogen) atoms. The van der Waals surface area contributed by atoms with Gasteiger partial charge >= 0.3 is 0 Å². The number of aromatic nitrogens is 2. The average molecular weight is 295 g/mol. The van der Waals surface area contributed by atoms with E-state index in [1.54, 1.807) is 18.8 Å². The Balaban J connectivity index is 2.68. The molecular formula is C12H11BrN2O2. The average Bonchev–Trinajstić information content (AvgIpc) is 2.65. The van der Waals surface area contributed by atoms with Crippen LogP contribution in [0, 0.1) is 0 Å². The molecule has 0 aliphatic rings. The van der Waals surface area contributed by atoms with Crippen molar-refractivity contribution in [2.45, 2.75) is 0 Å². The molecule has 0 amide bonds.